The molecule has 6 heteroatoms. The van der Waals surface area contributed by atoms with E-state index < -0.39 is 5.97 Å². The van der Waals surface area contributed by atoms with Gasteiger partial charge in [0.15, 0.2) is 0 Å². The molecule has 0 bridgehead atoms. The number of carboxylic acids is 1. The summed E-state index contributed by atoms with van der Waals surface area (Å²) in [7, 11) is 0. The molecule has 6 nitrogen and oxygen atoms in total. The second-order valence-corrected chi connectivity index (χ2v) is 4.90. The van der Waals surface area contributed by atoms with Gasteiger partial charge in [-0.2, -0.15) is 0 Å². The van der Waals surface area contributed by atoms with Crippen LogP contribution in [0.15, 0.2) is 24.3 Å². The second-order valence-electron chi connectivity index (χ2n) is 4.90. The lowest BCUT2D eigenvalue weighted by Gasteiger charge is -2.34. The molecule has 1 amide bonds. The summed E-state index contributed by atoms with van der Waals surface area (Å²) in [6.45, 7) is 3.23. The molecule has 1 aliphatic rings. The highest BCUT2D eigenvalue weighted by molar-refractivity contribution is 5.94. The van der Waals surface area contributed by atoms with E-state index in [-0.39, 0.29) is 12.3 Å². The maximum Gasteiger partial charge on any atom is 0.304 e. The zero-order chi connectivity index (χ0) is 14.5. The molecule has 108 valence electrons. The van der Waals surface area contributed by atoms with Crippen molar-refractivity contribution in [3.05, 3.63) is 29.8 Å². The van der Waals surface area contributed by atoms with E-state index in [1.165, 1.54) is 0 Å². The Balaban J connectivity index is 1.85. The summed E-state index contributed by atoms with van der Waals surface area (Å²) in [6, 6.07) is 6.90. The third-order valence-electron chi connectivity index (χ3n) is 3.46. The molecule has 0 unspecified atom stereocenters. The van der Waals surface area contributed by atoms with Crippen molar-refractivity contribution in [2.75, 3.05) is 38.5 Å². The highest BCUT2D eigenvalue weighted by atomic mass is 16.4. The number of hydrogen-bond donors (Lipinski definition) is 2. The number of rotatable bonds is 4. The number of aliphatic carboxylic acids is 1. The lowest BCUT2D eigenvalue weighted by atomic mass is 10.1. The topological polar surface area (TPSA) is 86.9 Å². The van der Waals surface area contributed by atoms with E-state index >= 15 is 0 Å². The summed E-state index contributed by atoms with van der Waals surface area (Å²) < 4.78 is 0. The lowest BCUT2D eigenvalue weighted by Crippen LogP contribution is -2.49. The Morgan fingerprint density at radius 2 is 1.70 bits per heavy atom. The number of carbonyl (C=O) groups is 2. The minimum atomic E-state index is -0.787. The third-order valence-corrected chi connectivity index (χ3v) is 3.46. The third kappa shape index (κ3) is 3.71. The first-order chi connectivity index (χ1) is 9.56. The number of hydrogen-bond acceptors (Lipinski definition) is 4. The molecule has 2 rings (SSSR count). The van der Waals surface area contributed by atoms with Crippen molar-refractivity contribution in [1.29, 1.82) is 0 Å². The molecular formula is C14H19N3O3. The van der Waals surface area contributed by atoms with Crippen LogP contribution in [0.2, 0.25) is 0 Å². The predicted octanol–water partition coefficient (Wildman–Crippen LogP) is 0.501. The van der Waals surface area contributed by atoms with E-state index in [0.717, 1.165) is 0 Å². The van der Waals surface area contributed by atoms with Crippen molar-refractivity contribution in [3.63, 3.8) is 0 Å². The molecule has 0 saturated carbocycles. The quantitative estimate of drug-likeness (QED) is 0.783. The second kappa shape index (κ2) is 6.38. The van der Waals surface area contributed by atoms with E-state index in [1.54, 1.807) is 29.2 Å². The Bertz CT molecular complexity index is 479. The van der Waals surface area contributed by atoms with Crippen LogP contribution in [0.3, 0.4) is 0 Å². The molecule has 1 fully saturated rings. The minimum Gasteiger partial charge on any atom is -0.481 e. The van der Waals surface area contributed by atoms with Crippen molar-refractivity contribution in [3.8, 4) is 0 Å². The first-order valence-corrected chi connectivity index (χ1v) is 6.65. The highest BCUT2D eigenvalue weighted by Gasteiger charge is 2.22. The van der Waals surface area contributed by atoms with Gasteiger partial charge in [-0.15, -0.1) is 0 Å². The Morgan fingerprint density at radius 1 is 1.10 bits per heavy atom. The molecule has 1 saturated heterocycles. The number of nitrogen functional groups attached to an aromatic ring is 1. The molecule has 1 heterocycles. The summed E-state index contributed by atoms with van der Waals surface area (Å²) in [6.07, 6.45) is 0.145. The van der Waals surface area contributed by atoms with Crippen LogP contribution in [-0.2, 0) is 4.79 Å². The number of piperazine rings is 1. The Morgan fingerprint density at radius 3 is 2.25 bits per heavy atom. The summed E-state index contributed by atoms with van der Waals surface area (Å²) in [4.78, 5) is 26.6. The van der Waals surface area contributed by atoms with Crippen molar-refractivity contribution in [2.24, 2.45) is 0 Å². The Hall–Kier alpha value is -2.08. The summed E-state index contributed by atoms with van der Waals surface area (Å²) in [5.41, 5.74) is 6.88. The number of benzene rings is 1. The molecule has 0 radical (unpaired) electrons. The molecule has 0 aliphatic carbocycles. The van der Waals surface area contributed by atoms with Gasteiger partial charge in [0.25, 0.3) is 5.91 Å². The van der Waals surface area contributed by atoms with Crippen molar-refractivity contribution < 1.29 is 14.7 Å². The van der Waals surface area contributed by atoms with Gasteiger partial charge in [-0.25, -0.2) is 0 Å². The number of nitrogens with two attached hydrogens (primary N) is 1. The largest absolute Gasteiger partial charge is 0.481 e. The van der Waals surface area contributed by atoms with Crippen LogP contribution in [0.25, 0.3) is 0 Å². The van der Waals surface area contributed by atoms with Crippen LogP contribution in [0.1, 0.15) is 16.8 Å². The fourth-order valence-electron chi connectivity index (χ4n) is 2.24. The van der Waals surface area contributed by atoms with E-state index in [0.29, 0.717) is 44.0 Å². The maximum atomic E-state index is 12.3. The Kier molecular flexibility index (Phi) is 4.57. The van der Waals surface area contributed by atoms with Crippen LogP contribution in [0.5, 0.6) is 0 Å². The lowest BCUT2D eigenvalue weighted by molar-refractivity contribution is -0.137. The first-order valence-electron chi connectivity index (χ1n) is 6.65. The number of carbonyl (C=O) groups excluding carboxylic acids is 1. The zero-order valence-electron chi connectivity index (χ0n) is 11.3. The van der Waals surface area contributed by atoms with Gasteiger partial charge < -0.3 is 15.7 Å². The molecular weight excluding hydrogens is 258 g/mol. The number of carboxylic acid groups (broad SMARTS) is 1. The zero-order valence-corrected chi connectivity index (χ0v) is 11.3. The van der Waals surface area contributed by atoms with Gasteiger partial charge in [-0.05, 0) is 24.3 Å². The van der Waals surface area contributed by atoms with E-state index in [4.69, 9.17) is 10.8 Å². The van der Waals surface area contributed by atoms with Gasteiger partial charge in [0, 0.05) is 44.0 Å². The summed E-state index contributed by atoms with van der Waals surface area (Å²) in [5, 5.41) is 8.65. The smallest absolute Gasteiger partial charge is 0.304 e. The fourth-order valence-corrected chi connectivity index (χ4v) is 2.24. The SMILES string of the molecule is Nc1ccc(C(=O)N2CCN(CCC(=O)O)CC2)cc1. The number of nitrogens with zero attached hydrogens (tertiary/aromatic N) is 2. The van der Waals surface area contributed by atoms with Gasteiger partial charge in [0.2, 0.25) is 0 Å². The maximum absolute atomic E-state index is 12.3. The number of amides is 1. The van der Waals surface area contributed by atoms with Gasteiger partial charge >= 0.3 is 5.97 Å². The molecule has 0 aromatic heterocycles. The molecule has 0 spiro atoms. The molecule has 1 aromatic rings. The monoisotopic (exact) mass is 277 g/mol. The van der Waals surface area contributed by atoms with Crippen LogP contribution in [0, 0.1) is 0 Å². The predicted molar refractivity (Wildman–Crippen MR) is 75.5 cm³/mol. The average molecular weight is 277 g/mol. The average Bonchev–Trinajstić information content (AvgIpc) is 2.46. The minimum absolute atomic E-state index is 0.00267. The Labute approximate surface area is 117 Å². The molecule has 3 N–H and O–H groups in total. The van der Waals surface area contributed by atoms with E-state index in [1.807, 2.05) is 0 Å². The van der Waals surface area contributed by atoms with E-state index in [9.17, 15) is 9.59 Å². The standard InChI is InChI=1S/C14H19N3O3/c15-12-3-1-11(2-4-12)14(20)17-9-7-16(8-10-17)6-5-13(18)19/h1-4H,5-10,15H2,(H,18,19). The highest BCUT2D eigenvalue weighted by Crippen LogP contribution is 2.11. The van der Waals surface area contributed by atoms with Crippen LogP contribution in [-0.4, -0.2) is 59.5 Å². The van der Waals surface area contributed by atoms with Crippen LogP contribution >= 0.6 is 0 Å². The molecule has 1 aromatic carbocycles. The van der Waals surface area contributed by atoms with Gasteiger partial charge in [-0.3, -0.25) is 14.5 Å². The van der Waals surface area contributed by atoms with E-state index in [2.05, 4.69) is 4.90 Å². The summed E-state index contributed by atoms with van der Waals surface area (Å²) >= 11 is 0. The van der Waals surface area contributed by atoms with Gasteiger partial charge in [-0.1, -0.05) is 0 Å². The van der Waals surface area contributed by atoms with Crippen molar-refractivity contribution in [2.45, 2.75) is 6.42 Å². The summed E-state index contributed by atoms with van der Waals surface area (Å²) in [5.74, 6) is -0.784. The fraction of sp³-hybridized carbons (Fsp3) is 0.429. The molecule has 0 atom stereocenters. The molecule has 1 aliphatic heterocycles. The normalized spacial score (nSPS) is 16.1. The number of anilines is 1. The van der Waals surface area contributed by atoms with Crippen molar-refractivity contribution in [1.82, 2.24) is 9.80 Å². The van der Waals surface area contributed by atoms with Crippen LogP contribution < -0.4 is 5.73 Å². The van der Waals surface area contributed by atoms with Gasteiger partial charge in [0.05, 0.1) is 6.42 Å². The van der Waals surface area contributed by atoms with Crippen molar-refractivity contribution >= 4 is 17.6 Å². The van der Waals surface area contributed by atoms with Crippen LogP contribution in [0.4, 0.5) is 5.69 Å². The molecule has 20 heavy (non-hydrogen) atoms. The first kappa shape index (κ1) is 14.3. The van der Waals surface area contributed by atoms with Gasteiger partial charge in [0.1, 0.15) is 0 Å².